The van der Waals surface area contributed by atoms with Crippen LogP contribution in [0.15, 0.2) is 82.8 Å². The summed E-state index contributed by atoms with van der Waals surface area (Å²) in [5, 5.41) is 15.3. The number of aromatic nitrogens is 1. The lowest BCUT2D eigenvalue weighted by molar-refractivity contribution is 0.598. The van der Waals surface area contributed by atoms with Crippen LogP contribution in [0, 0.1) is 32.1 Å². The molecule has 2 N–H and O–H groups in total. The summed E-state index contributed by atoms with van der Waals surface area (Å²) in [5.74, 6) is 0.460. The molecule has 0 saturated carbocycles. The summed E-state index contributed by atoms with van der Waals surface area (Å²) < 4.78 is 25.2. The van der Waals surface area contributed by atoms with Gasteiger partial charge in [0.1, 0.15) is 11.6 Å². The zero-order valence-corrected chi connectivity index (χ0v) is 20.0. The van der Waals surface area contributed by atoms with E-state index in [9.17, 15) is 13.7 Å². The monoisotopic (exact) mass is 468 g/mol. The Morgan fingerprint density at radius 1 is 0.941 bits per heavy atom. The molecule has 4 aromatic rings. The molecule has 170 valence electrons. The summed E-state index contributed by atoms with van der Waals surface area (Å²) in [6, 6.07) is 22.2. The van der Waals surface area contributed by atoms with Crippen molar-refractivity contribution in [1.82, 2.24) is 4.57 Å². The van der Waals surface area contributed by atoms with Gasteiger partial charge in [-0.15, -0.1) is 0 Å². The minimum atomic E-state index is -3.81. The van der Waals surface area contributed by atoms with Crippen molar-refractivity contribution in [1.29, 1.82) is 5.26 Å². The lowest BCUT2D eigenvalue weighted by Gasteiger charge is -2.09. The van der Waals surface area contributed by atoms with E-state index in [1.54, 1.807) is 22.9 Å². The van der Waals surface area contributed by atoms with E-state index < -0.39 is 10.0 Å². The van der Waals surface area contributed by atoms with Crippen molar-refractivity contribution in [2.24, 2.45) is 10.1 Å². The first-order valence-electron chi connectivity index (χ1n) is 10.7. The number of nitrogens with zero attached hydrogens (tertiary/aromatic N) is 3. The molecule has 34 heavy (non-hydrogen) atoms. The van der Waals surface area contributed by atoms with Crippen LogP contribution in [-0.2, 0) is 10.0 Å². The summed E-state index contributed by atoms with van der Waals surface area (Å²) in [4.78, 5) is 4.76. The van der Waals surface area contributed by atoms with Gasteiger partial charge in [0.05, 0.1) is 4.90 Å². The molecule has 1 aromatic heterocycles. The Balaban J connectivity index is 1.91. The minimum Gasteiger partial charge on any atom is -0.300 e. The topological polar surface area (TPSA) is 101 Å². The van der Waals surface area contributed by atoms with Crippen LogP contribution >= 0.6 is 0 Å². The zero-order valence-electron chi connectivity index (χ0n) is 19.1. The summed E-state index contributed by atoms with van der Waals surface area (Å²) in [7, 11) is -3.81. The maximum Gasteiger partial charge on any atom is 0.238 e. The molecule has 4 rings (SSSR count). The van der Waals surface area contributed by atoms with Gasteiger partial charge >= 0.3 is 0 Å². The first kappa shape index (κ1) is 23.2. The predicted octanol–water partition coefficient (Wildman–Crippen LogP) is 5.34. The van der Waals surface area contributed by atoms with E-state index >= 15 is 0 Å². The van der Waals surface area contributed by atoms with Crippen LogP contribution < -0.4 is 5.14 Å². The van der Waals surface area contributed by atoms with Crippen molar-refractivity contribution < 1.29 is 8.42 Å². The van der Waals surface area contributed by atoms with Crippen molar-refractivity contribution in [3.63, 3.8) is 0 Å². The van der Waals surface area contributed by atoms with Crippen LogP contribution in [0.4, 0.5) is 5.82 Å². The van der Waals surface area contributed by atoms with Gasteiger partial charge in [-0.1, -0.05) is 42.5 Å². The highest BCUT2D eigenvalue weighted by atomic mass is 32.2. The molecule has 0 unspecified atom stereocenters. The fourth-order valence-electron chi connectivity index (χ4n) is 3.81. The number of benzene rings is 3. The third-order valence-corrected chi connectivity index (χ3v) is 6.97. The van der Waals surface area contributed by atoms with Gasteiger partial charge in [-0.25, -0.2) is 18.5 Å². The van der Waals surface area contributed by atoms with Crippen LogP contribution in [0.3, 0.4) is 0 Å². The standard InChI is InChI=1S/C27H24N4O2S/c1-18-9-10-22(20(3)19(18)2)16-30-27-25(15-28)26(21-7-5-4-6-8-21)17-31(27)23-11-13-24(14-12-23)34(29,32)33/h4-14,16-17H,1-3H3,(H2,29,32,33)/b30-16+. The van der Waals surface area contributed by atoms with Crippen LogP contribution in [0.1, 0.15) is 27.8 Å². The number of nitrogens with two attached hydrogens (primary N) is 1. The molecule has 0 radical (unpaired) electrons. The largest absolute Gasteiger partial charge is 0.300 e. The molecule has 3 aromatic carbocycles. The number of hydrogen-bond acceptors (Lipinski definition) is 4. The molecular weight excluding hydrogens is 444 g/mol. The Kier molecular flexibility index (Phi) is 6.20. The lowest BCUT2D eigenvalue weighted by atomic mass is 9.99. The second-order valence-corrected chi connectivity index (χ2v) is 9.67. The van der Waals surface area contributed by atoms with Crippen LogP contribution in [0.5, 0.6) is 0 Å². The normalized spacial score (nSPS) is 11.6. The molecule has 6 nitrogen and oxygen atoms in total. The Morgan fingerprint density at radius 3 is 2.24 bits per heavy atom. The van der Waals surface area contributed by atoms with Gasteiger partial charge in [-0.05, 0) is 72.9 Å². The SMILES string of the molecule is Cc1ccc(/C=N/c2c(C#N)c(-c3ccccc3)cn2-c2ccc(S(N)(=O)=O)cc2)c(C)c1C. The molecule has 7 heteroatoms. The lowest BCUT2D eigenvalue weighted by Crippen LogP contribution is -2.11. The first-order valence-corrected chi connectivity index (χ1v) is 12.2. The Bertz CT molecular complexity index is 1540. The molecule has 0 saturated heterocycles. The highest BCUT2D eigenvalue weighted by molar-refractivity contribution is 7.89. The number of sulfonamides is 1. The zero-order chi connectivity index (χ0) is 24.5. The Labute approximate surface area is 199 Å². The third kappa shape index (κ3) is 4.42. The number of hydrogen-bond donors (Lipinski definition) is 1. The van der Waals surface area contributed by atoms with Gasteiger partial charge < -0.3 is 4.57 Å². The van der Waals surface area contributed by atoms with E-state index in [1.165, 1.54) is 23.3 Å². The van der Waals surface area contributed by atoms with Crippen molar-refractivity contribution in [2.45, 2.75) is 25.7 Å². The van der Waals surface area contributed by atoms with E-state index in [2.05, 4.69) is 32.9 Å². The fourth-order valence-corrected chi connectivity index (χ4v) is 4.33. The minimum absolute atomic E-state index is 0.0167. The molecule has 0 spiro atoms. The highest BCUT2D eigenvalue weighted by Crippen LogP contribution is 2.35. The van der Waals surface area contributed by atoms with Crippen molar-refractivity contribution in [3.05, 3.63) is 101 Å². The second-order valence-electron chi connectivity index (χ2n) is 8.11. The van der Waals surface area contributed by atoms with Crippen LogP contribution in [0.2, 0.25) is 0 Å². The second kappa shape index (κ2) is 9.10. The van der Waals surface area contributed by atoms with E-state index in [1.807, 2.05) is 42.6 Å². The maximum atomic E-state index is 11.7. The van der Waals surface area contributed by atoms with Crippen molar-refractivity contribution >= 4 is 22.1 Å². The van der Waals surface area contributed by atoms with Gasteiger partial charge in [0.25, 0.3) is 0 Å². The van der Waals surface area contributed by atoms with E-state index in [4.69, 9.17) is 10.1 Å². The van der Waals surface area contributed by atoms with E-state index in [0.29, 0.717) is 17.1 Å². The number of nitriles is 1. The summed E-state index contributed by atoms with van der Waals surface area (Å²) >= 11 is 0. The number of aryl methyl sites for hydroxylation is 1. The van der Waals surface area contributed by atoms with Gasteiger partial charge in [0, 0.05) is 23.7 Å². The number of primary sulfonamides is 1. The quantitative estimate of drug-likeness (QED) is 0.400. The molecule has 0 atom stereocenters. The van der Waals surface area contributed by atoms with Crippen molar-refractivity contribution in [3.8, 4) is 22.9 Å². The molecule has 0 bridgehead atoms. The number of rotatable bonds is 5. The van der Waals surface area contributed by atoms with Gasteiger partial charge in [-0.3, -0.25) is 0 Å². The van der Waals surface area contributed by atoms with Crippen LogP contribution in [-0.4, -0.2) is 19.2 Å². The molecule has 0 fully saturated rings. The molecule has 1 heterocycles. The molecule has 0 aliphatic rings. The van der Waals surface area contributed by atoms with E-state index in [-0.39, 0.29) is 4.90 Å². The average Bonchev–Trinajstić information content (AvgIpc) is 3.20. The summed E-state index contributed by atoms with van der Waals surface area (Å²) in [6.07, 6.45) is 3.61. The predicted molar refractivity (Wildman–Crippen MR) is 135 cm³/mol. The third-order valence-electron chi connectivity index (χ3n) is 6.05. The first-order chi connectivity index (χ1) is 16.2. The highest BCUT2D eigenvalue weighted by Gasteiger charge is 2.18. The smallest absolute Gasteiger partial charge is 0.238 e. The van der Waals surface area contributed by atoms with E-state index in [0.717, 1.165) is 22.3 Å². The molecule has 0 amide bonds. The maximum absolute atomic E-state index is 11.7. The summed E-state index contributed by atoms with van der Waals surface area (Å²) in [6.45, 7) is 6.20. The van der Waals surface area contributed by atoms with Gasteiger partial charge in [0.15, 0.2) is 5.82 Å². The van der Waals surface area contributed by atoms with Crippen LogP contribution in [0.25, 0.3) is 16.8 Å². The molecular formula is C27H24N4O2S. The fraction of sp³-hybridized carbons (Fsp3) is 0.111. The number of aliphatic imine (C=N–C) groups is 1. The van der Waals surface area contributed by atoms with Gasteiger partial charge in [0.2, 0.25) is 10.0 Å². The van der Waals surface area contributed by atoms with Gasteiger partial charge in [-0.2, -0.15) is 5.26 Å². The molecule has 0 aliphatic carbocycles. The Hall–Kier alpha value is -3.99. The molecule has 0 aliphatic heterocycles. The average molecular weight is 469 g/mol. The summed E-state index contributed by atoms with van der Waals surface area (Å²) in [5.41, 5.74) is 7.21. The van der Waals surface area contributed by atoms with Crippen molar-refractivity contribution in [2.75, 3.05) is 0 Å². The Morgan fingerprint density at radius 2 is 1.62 bits per heavy atom.